The van der Waals surface area contributed by atoms with Crippen molar-refractivity contribution in [1.29, 1.82) is 0 Å². The summed E-state index contributed by atoms with van der Waals surface area (Å²) < 4.78 is 0. The van der Waals surface area contributed by atoms with Gasteiger partial charge in [0, 0.05) is 29.2 Å². The monoisotopic (exact) mass is 513 g/mol. The van der Waals surface area contributed by atoms with Crippen molar-refractivity contribution < 1.29 is 4.79 Å². The van der Waals surface area contributed by atoms with Gasteiger partial charge >= 0.3 is 0 Å². The molecule has 1 amide bonds. The largest absolute Gasteiger partial charge is 0.357 e. The lowest BCUT2D eigenvalue weighted by Crippen LogP contribution is -2.36. The number of carbonyl (C=O) groups is 1. The Kier molecular flexibility index (Phi) is 9.17. The molecule has 0 unspecified atom stereocenters. The summed E-state index contributed by atoms with van der Waals surface area (Å²) in [4.78, 5) is 22.3. The van der Waals surface area contributed by atoms with Gasteiger partial charge in [-0.1, -0.05) is 18.6 Å². The molecule has 0 bridgehead atoms. The Morgan fingerprint density at radius 3 is 2.79 bits per heavy atom. The van der Waals surface area contributed by atoms with Crippen molar-refractivity contribution in [2.45, 2.75) is 46.2 Å². The lowest BCUT2D eigenvalue weighted by molar-refractivity contribution is -0.122. The standard InChI is InChI=1S/C20H27N5OS.HI/c1-3-21-20(24-13-18-22-11-14(2)27-18)23-12-15-6-4-9-17(10-15)25-19(26)16-7-5-8-16;/h4,6,9-11,16H,3,5,7-8,12-13H2,1-2H3,(H,25,26)(H2,21,23,24);1H. The molecular formula is C20H28IN5OS. The third-order valence-corrected chi connectivity index (χ3v) is 5.42. The van der Waals surface area contributed by atoms with Crippen molar-refractivity contribution in [3.63, 3.8) is 0 Å². The molecule has 1 saturated carbocycles. The Morgan fingerprint density at radius 1 is 1.32 bits per heavy atom. The van der Waals surface area contributed by atoms with Crippen LogP contribution >= 0.6 is 35.3 Å². The second kappa shape index (κ2) is 11.4. The SMILES string of the molecule is CCNC(=NCc1cccc(NC(=O)C2CCC2)c1)NCc1ncc(C)s1.I. The molecule has 3 N–H and O–H groups in total. The molecule has 6 nitrogen and oxygen atoms in total. The predicted molar refractivity (Wildman–Crippen MR) is 126 cm³/mol. The number of amides is 1. The molecule has 0 atom stereocenters. The second-order valence-electron chi connectivity index (χ2n) is 6.73. The van der Waals surface area contributed by atoms with Gasteiger partial charge in [-0.15, -0.1) is 35.3 Å². The van der Waals surface area contributed by atoms with Crippen LogP contribution in [0.5, 0.6) is 0 Å². The molecule has 0 radical (unpaired) electrons. The smallest absolute Gasteiger partial charge is 0.227 e. The van der Waals surface area contributed by atoms with E-state index in [2.05, 4.69) is 32.9 Å². The van der Waals surface area contributed by atoms with Gasteiger partial charge in [0.2, 0.25) is 5.91 Å². The predicted octanol–water partition coefficient (Wildman–Crippen LogP) is 4.06. The summed E-state index contributed by atoms with van der Waals surface area (Å²) in [5, 5.41) is 10.6. The molecule has 1 aromatic heterocycles. The fourth-order valence-electron chi connectivity index (χ4n) is 2.82. The van der Waals surface area contributed by atoms with Crippen LogP contribution in [-0.4, -0.2) is 23.4 Å². The maximum atomic E-state index is 12.1. The van der Waals surface area contributed by atoms with Gasteiger partial charge in [0.1, 0.15) is 5.01 Å². The molecule has 8 heteroatoms. The number of guanidine groups is 1. The van der Waals surface area contributed by atoms with Crippen LogP contribution < -0.4 is 16.0 Å². The zero-order chi connectivity index (χ0) is 19.1. The van der Waals surface area contributed by atoms with Crippen LogP contribution in [0.1, 0.15) is 41.6 Å². The van der Waals surface area contributed by atoms with E-state index in [4.69, 9.17) is 0 Å². The Morgan fingerprint density at radius 2 is 2.14 bits per heavy atom. The first-order chi connectivity index (χ1) is 13.1. The van der Waals surface area contributed by atoms with Crippen molar-refractivity contribution in [2.24, 2.45) is 10.9 Å². The fourth-order valence-corrected chi connectivity index (χ4v) is 3.54. The molecule has 1 aliphatic carbocycles. The van der Waals surface area contributed by atoms with Gasteiger partial charge in [0.15, 0.2) is 5.96 Å². The number of halogens is 1. The third kappa shape index (κ3) is 6.73. The van der Waals surface area contributed by atoms with Crippen molar-refractivity contribution in [1.82, 2.24) is 15.6 Å². The normalized spacial score (nSPS) is 14.0. The maximum Gasteiger partial charge on any atom is 0.227 e. The molecule has 28 heavy (non-hydrogen) atoms. The van der Waals surface area contributed by atoms with E-state index in [0.717, 1.165) is 48.0 Å². The number of aromatic nitrogens is 1. The molecule has 152 valence electrons. The summed E-state index contributed by atoms with van der Waals surface area (Å²) >= 11 is 1.68. The van der Waals surface area contributed by atoms with Gasteiger partial charge in [-0.2, -0.15) is 0 Å². The first kappa shape index (κ1) is 22.6. The first-order valence-corrected chi connectivity index (χ1v) is 10.3. The number of hydrogen-bond donors (Lipinski definition) is 3. The van der Waals surface area contributed by atoms with Crippen LogP contribution in [0, 0.1) is 12.8 Å². The van der Waals surface area contributed by atoms with E-state index in [1.165, 1.54) is 4.88 Å². The highest BCUT2D eigenvalue weighted by Gasteiger charge is 2.25. The van der Waals surface area contributed by atoms with E-state index in [0.29, 0.717) is 13.1 Å². The quantitative estimate of drug-likeness (QED) is 0.297. The Hall–Kier alpha value is -1.68. The number of thiazole rings is 1. The number of aryl methyl sites for hydroxylation is 1. The number of carbonyl (C=O) groups excluding carboxylic acids is 1. The summed E-state index contributed by atoms with van der Waals surface area (Å²) in [6, 6.07) is 7.90. The minimum Gasteiger partial charge on any atom is -0.357 e. The lowest BCUT2D eigenvalue weighted by Gasteiger charge is -2.24. The van der Waals surface area contributed by atoms with Crippen molar-refractivity contribution in [2.75, 3.05) is 11.9 Å². The number of anilines is 1. The van der Waals surface area contributed by atoms with E-state index in [1.807, 2.05) is 37.4 Å². The Bertz CT molecular complexity index is 803. The summed E-state index contributed by atoms with van der Waals surface area (Å²) in [6.45, 7) is 6.08. The molecule has 0 saturated heterocycles. The number of aliphatic imine (C=N–C) groups is 1. The third-order valence-electron chi connectivity index (χ3n) is 4.51. The van der Waals surface area contributed by atoms with E-state index in [1.54, 1.807) is 11.3 Å². The van der Waals surface area contributed by atoms with Crippen molar-refractivity contribution in [3.05, 3.63) is 45.9 Å². The summed E-state index contributed by atoms with van der Waals surface area (Å²) in [6.07, 6.45) is 5.06. The van der Waals surface area contributed by atoms with E-state index in [9.17, 15) is 4.79 Å². The average Bonchev–Trinajstić information content (AvgIpc) is 3.01. The highest BCUT2D eigenvalue weighted by molar-refractivity contribution is 14.0. The minimum absolute atomic E-state index is 0. The van der Waals surface area contributed by atoms with Crippen LogP contribution in [0.4, 0.5) is 5.69 Å². The molecule has 0 aliphatic heterocycles. The van der Waals surface area contributed by atoms with E-state index < -0.39 is 0 Å². The van der Waals surface area contributed by atoms with Crippen LogP contribution in [0.25, 0.3) is 0 Å². The number of hydrogen-bond acceptors (Lipinski definition) is 4. The Balaban J connectivity index is 0.00000280. The number of nitrogens with zero attached hydrogens (tertiary/aromatic N) is 2. The molecule has 0 spiro atoms. The Labute approximate surface area is 187 Å². The summed E-state index contributed by atoms with van der Waals surface area (Å²) in [5.41, 5.74) is 1.90. The van der Waals surface area contributed by atoms with Crippen molar-refractivity contribution in [3.8, 4) is 0 Å². The van der Waals surface area contributed by atoms with Gasteiger partial charge in [0.05, 0.1) is 13.1 Å². The number of nitrogens with one attached hydrogen (secondary N) is 3. The molecule has 1 heterocycles. The molecule has 3 rings (SSSR count). The topological polar surface area (TPSA) is 78.4 Å². The first-order valence-electron chi connectivity index (χ1n) is 9.47. The van der Waals surface area contributed by atoms with Gasteiger partial charge in [-0.05, 0) is 44.4 Å². The van der Waals surface area contributed by atoms with Crippen LogP contribution in [0.15, 0.2) is 35.5 Å². The molecule has 1 fully saturated rings. The second-order valence-corrected chi connectivity index (χ2v) is 8.05. The van der Waals surface area contributed by atoms with Crippen molar-refractivity contribution >= 4 is 52.9 Å². The zero-order valence-electron chi connectivity index (χ0n) is 16.3. The van der Waals surface area contributed by atoms with Gasteiger partial charge < -0.3 is 16.0 Å². The van der Waals surface area contributed by atoms with Crippen LogP contribution in [0.2, 0.25) is 0 Å². The van der Waals surface area contributed by atoms with E-state index >= 15 is 0 Å². The number of rotatable bonds is 7. The van der Waals surface area contributed by atoms with Gasteiger partial charge in [-0.25, -0.2) is 9.98 Å². The van der Waals surface area contributed by atoms with E-state index in [-0.39, 0.29) is 35.8 Å². The van der Waals surface area contributed by atoms with Crippen LogP contribution in [0.3, 0.4) is 0 Å². The minimum atomic E-state index is 0. The summed E-state index contributed by atoms with van der Waals surface area (Å²) in [5.74, 6) is 1.08. The van der Waals surface area contributed by atoms with Crippen LogP contribution in [-0.2, 0) is 17.9 Å². The highest BCUT2D eigenvalue weighted by Crippen LogP contribution is 2.27. The van der Waals surface area contributed by atoms with Gasteiger partial charge in [0.25, 0.3) is 0 Å². The maximum absolute atomic E-state index is 12.1. The zero-order valence-corrected chi connectivity index (χ0v) is 19.5. The lowest BCUT2D eigenvalue weighted by atomic mass is 9.85. The molecule has 1 aliphatic rings. The average molecular weight is 513 g/mol. The molecular weight excluding hydrogens is 485 g/mol. The molecule has 1 aromatic carbocycles. The fraction of sp³-hybridized carbons (Fsp3) is 0.450. The van der Waals surface area contributed by atoms with Gasteiger partial charge in [-0.3, -0.25) is 4.79 Å². The number of benzene rings is 1. The molecule has 2 aromatic rings. The highest BCUT2D eigenvalue weighted by atomic mass is 127. The summed E-state index contributed by atoms with van der Waals surface area (Å²) in [7, 11) is 0.